The van der Waals surface area contributed by atoms with E-state index >= 15 is 0 Å². The van der Waals surface area contributed by atoms with Crippen molar-refractivity contribution in [3.05, 3.63) is 23.2 Å². The first-order valence-electron chi connectivity index (χ1n) is 8.07. The lowest BCUT2D eigenvalue weighted by molar-refractivity contribution is -0.0498. The van der Waals surface area contributed by atoms with Gasteiger partial charge in [-0.05, 0) is 24.6 Å². The van der Waals surface area contributed by atoms with Crippen LogP contribution in [0.25, 0.3) is 0 Å². The number of halogens is 4. The average Bonchev–Trinajstić information content (AvgIpc) is 3.08. The van der Waals surface area contributed by atoms with Crippen molar-refractivity contribution in [2.45, 2.75) is 24.0 Å². The van der Waals surface area contributed by atoms with Crippen LogP contribution in [0.2, 0.25) is 5.02 Å². The van der Waals surface area contributed by atoms with Crippen LogP contribution < -0.4 is 10.1 Å². The van der Waals surface area contributed by atoms with Crippen molar-refractivity contribution >= 4 is 34.0 Å². The molecule has 148 valence electrons. The maximum atomic E-state index is 12.8. The second-order valence-electron chi connectivity index (χ2n) is 6.06. The zero-order valence-electron chi connectivity index (χ0n) is 13.9. The normalized spacial score (nSPS) is 22.4. The first-order valence-corrected chi connectivity index (χ1v) is 9.89. The van der Waals surface area contributed by atoms with E-state index in [0.29, 0.717) is 13.1 Å². The highest BCUT2D eigenvalue weighted by molar-refractivity contribution is 7.89. The second kappa shape index (κ2) is 8.99. The van der Waals surface area contributed by atoms with Crippen LogP contribution in [0.1, 0.15) is 6.42 Å². The Bertz CT molecular complexity index is 718. The molecule has 2 aliphatic heterocycles. The molecule has 0 aliphatic carbocycles. The number of alkyl halides is 2. The maximum Gasteiger partial charge on any atom is 0.387 e. The predicted octanol–water partition coefficient (Wildman–Crippen LogP) is 2.03. The van der Waals surface area contributed by atoms with E-state index in [1.54, 1.807) is 0 Å². The summed E-state index contributed by atoms with van der Waals surface area (Å²) in [6, 6.07) is 3.77. The number of sulfonamides is 1. The molecule has 2 fully saturated rings. The average molecular weight is 432 g/mol. The summed E-state index contributed by atoms with van der Waals surface area (Å²) < 4.78 is 55.8. The lowest BCUT2D eigenvalue weighted by atomic mass is 10.2. The zero-order chi connectivity index (χ0) is 18.0. The Hall–Kier alpha value is -0.710. The van der Waals surface area contributed by atoms with Gasteiger partial charge in [0.1, 0.15) is 5.75 Å². The van der Waals surface area contributed by atoms with Gasteiger partial charge in [0.2, 0.25) is 10.0 Å². The quantitative estimate of drug-likeness (QED) is 0.772. The van der Waals surface area contributed by atoms with E-state index in [-0.39, 0.29) is 34.1 Å². The van der Waals surface area contributed by atoms with Gasteiger partial charge < -0.3 is 10.1 Å². The number of nitrogens with zero attached hydrogens (tertiary/aromatic N) is 2. The molecule has 6 nitrogen and oxygen atoms in total. The predicted molar refractivity (Wildman–Crippen MR) is 96.9 cm³/mol. The summed E-state index contributed by atoms with van der Waals surface area (Å²) in [7, 11) is -3.71. The van der Waals surface area contributed by atoms with Crippen molar-refractivity contribution in [1.82, 2.24) is 14.5 Å². The van der Waals surface area contributed by atoms with E-state index in [1.807, 2.05) is 0 Å². The summed E-state index contributed by atoms with van der Waals surface area (Å²) in [5.74, 6) is -0.240. The largest absolute Gasteiger partial charge is 0.433 e. The molecule has 0 aromatic heterocycles. The van der Waals surface area contributed by atoms with E-state index in [2.05, 4.69) is 15.0 Å². The minimum Gasteiger partial charge on any atom is -0.433 e. The van der Waals surface area contributed by atoms with Crippen LogP contribution in [0, 0.1) is 0 Å². The summed E-state index contributed by atoms with van der Waals surface area (Å²) in [5.41, 5.74) is 0. The molecule has 2 heterocycles. The third kappa shape index (κ3) is 4.76. The summed E-state index contributed by atoms with van der Waals surface area (Å²) >= 11 is 5.88. The topological polar surface area (TPSA) is 61.9 Å². The van der Waals surface area contributed by atoms with E-state index in [4.69, 9.17) is 11.6 Å². The fourth-order valence-electron chi connectivity index (χ4n) is 3.26. The molecule has 3 rings (SSSR count). The Morgan fingerprint density at radius 1 is 1.23 bits per heavy atom. The summed E-state index contributed by atoms with van der Waals surface area (Å²) in [5, 5.41) is 3.12. The molecule has 1 unspecified atom stereocenters. The minimum absolute atomic E-state index is 0. The maximum absolute atomic E-state index is 12.8. The van der Waals surface area contributed by atoms with E-state index < -0.39 is 16.6 Å². The van der Waals surface area contributed by atoms with Crippen LogP contribution in [0.4, 0.5) is 8.78 Å². The lowest BCUT2D eigenvalue weighted by Crippen LogP contribution is -2.49. The standard InChI is InChI=1S/C15H20ClF2N3O3S.ClH/c16-13-9-12(1-2-14(13)24-15(17)18)25(22,23)21-6-3-11(10-21)20-7-4-19-5-8-20;/h1-2,9,11,15,19H,3-8,10H2;1H. The van der Waals surface area contributed by atoms with Gasteiger partial charge >= 0.3 is 6.61 Å². The molecule has 1 aromatic rings. The Labute approximate surface area is 162 Å². The first kappa shape index (κ1) is 21.6. The summed E-state index contributed by atoms with van der Waals surface area (Å²) in [6.45, 7) is 1.47. The molecule has 2 aliphatic rings. The van der Waals surface area contributed by atoms with E-state index in [0.717, 1.165) is 44.7 Å². The van der Waals surface area contributed by atoms with Gasteiger partial charge in [-0.3, -0.25) is 4.90 Å². The van der Waals surface area contributed by atoms with Gasteiger partial charge in [0.25, 0.3) is 0 Å². The number of nitrogens with one attached hydrogen (secondary N) is 1. The summed E-state index contributed by atoms with van der Waals surface area (Å²) in [6.07, 6.45) is 0.777. The molecule has 0 amide bonds. The molecule has 26 heavy (non-hydrogen) atoms. The highest BCUT2D eigenvalue weighted by Gasteiger charge is 2.35. The highest BCUT2D eigenvalue weighted by atomic mass is 35.5. The highest BCUT2D eigenvalue weighted by Crippen LogP contribution is 2.31. The summed E-state index contributed by atoms with van der Waals surface area (Å²) in [4.78, 5) is 2.29. The Kier molecular flexibility index (Phi) is 7.46. The van der Waals surface area contributed by atoms with Crippen LogP contribution >= 0.6 is 24.0 Å². The van der Waals surface area contributed by atoms with E-state index in [9.17, 15) is 17.2 Å². The second-order valence-corrected chi connectivity index (χ2v) is 8.41. The third-order valence-corrected chi connectivity index (χ3v) is 6.71. The molecule has 0 bridgehead atoms. The number of rotatable bonds is 5. The third-order valence-electron chi connectivity index (χ3n) is 4.55. The Morgan fingerprint density at radius 2 is 1.92 bits per heavy atom. The van der Waals surface area contributed by atoms with Gasteiger partial charge in [0.15, 0.2) is 0 Å². The number of hydrogen-bond donors (Lipinski definition) is 1. The van der Waals surface area contributed by atoms with Crippen molar-refractivity contribution in [3.8, 4) is 5.75 Å². The van der Waals surface area contributed by atoms with Crippen molar-refractivity contribution < 1.29 is 21.9 Å². The fourth-order valence-corrected chi connectivity index (χ4v) is 5.07. The molecule has 2 saturated heterocycles. The fraction of sp³-hybridized carbons (Fsp3) is 0.600. The van der Waals surface area contributed by atoms with Gasteiger partial charge in [-0.2, -0.15) is 13.1 Å². The van der Waals surface area contributed by atoms with Crippen LogP contribution in [-0.4, -0.2) is 69.5 Å². The number of ether oxygens (including phenoxy) is 1. The zero-order valence-corrected chi connectivity index (χ0v) is 16.3. The number of hydrogen-bond acceptors (Lipinski definition) is 5. The van der Waals surface area contributed by atoms with Crippen LogP contribution in [0.5, 0.6) is 5.75 Å². The van der Waals surface area contributed by atoms with Crippen molar-refractivity contribution in [1.29, 1.82) is 0 Å². The molecule has 0 spiro atoms. The van der Waals surface area contributed by atoms with Gasteiger partial charge in [-0.25, -0.2) is 8.42 Å². The van der Waals surface area contributed by atoms with Crippen molar-refractivity contribution in [2.24, 2.45) is 0 Å². The SMILES string of the molecule is Cl.O=S(=O)(c1ccc(OC(F)F)c(Cl)c1)N1CCC(N2CCNCC2)C1. The molecule has 1 atom stereocenters. The monoisotopic (exact) mass is 431 g/mol. The molecule has 11 heteroatoms. The number of benzene rings is 1. The Morgan fingerprint density at radius 3 is 2.54 bits per heavy atom. The van der Waals surface area contributed by atoms with Crippen molar-refractivity contribution in [3.63, 3.8) is 0 Å². The Balaban J connectivity index is 0.00000243. The van der Waals surface area contributed by atoms with Crippen LogP contribution in [0.3, 0.4) is 0 Å². The molecular formula is C15H21Cl2F2N3O3S. The van der Waals surface area contributed by atoms with Crippen LogP contribution in [0.15, 0.2) is 23.1 Å². The molecule has 0 saturated carbocycles. The minimum atomic E-state index is -3.71. The van der Waals surface area contributed by atoms with Crippen LogP contribution in [-0.2, 0) is 10.0 Å². The molecule has 1 N–H and O–H groups in total. The van der Waals surface area contributed by atoms with E-state index in [1.165, 1.54) is 10.4 Å². The first-order chi connectivity index (χ1) is 11.9. The van der Waals surface area contributed by atoms with Gasteiger partial charge in [0, 0.05) is 45.3 Å². The van der Waals surface area contributed by atoms with Gasteiger partial charge in [0.05, 0.1) is 9.92 Å². The molecular weight excluding hydrogens is 411 g/mol. The smallest absolute Gasteiger partial charge is 0.387 e. The van der Waals surface area contributed by atoms with Gasteiger partial charge in [-0.15, -0.1) is 12.4 Å². The lowest BCUT2D eigenvalue weighted by Gasteiger charge is -2.32. The number of piperazine rings is 1. The van der Waals surface area contributed by atoms with Gasteiger partial charge in [-0.1, -0.05) is 11.6 Å². The molecule has 0 radical (unpaired) electrons. The van der Waals surface area contributed by atoms with Crippen molar-refractivity contribution in [2.75, 3.05) is 39.3 Å². The molecule has 1 aromatic carbocycles.